The van der Waals surface area contributed by atoms with Crippen molar-refractivity contribution in [2.45, 2.75) is 44.6 Å². The molecule has 1 saturated carbocycles. The van der Waals surface area contributed by atoms with E-state index in [4.69, 9.17) is 10.5 Å². The Balaban J connectivity index is 0.000000174. The molecule has 1 fully saturated rings. The van der Waals surface area contributed by atoms with Gasteiger partial charge in [0.2, 0.25) is 0 Å². The number of ether oxygens (including phenoxy) is 1. The maximum atomic E-state index is 5.40. The molecule has 0 bridgehead atoms. The Hall–Kier alpha value is -1.19. The van der Waals surface area contributed by atoms with Gasteiger partial charge in [0.15, 0.2) is 0 Å². The van der Waals surface area contributed by atoms with Crippen LogP contribution in [-0.2, 0) is 32.9 Å². The van der Waals surface area contributed by atoms with E-state index < -0.39 is 0 Å². The average Bonchev–Trinajstić information content (AvgIpc) is 2.95. The molecule has 0 unspecified atom stereocenters. The third-order valence-corrected chi connectivity index (χ3v) is 5.15. The molecule has 0 radical (unpaired) electrons. The number of aromatic nitrogens is 3. The molecular weight excluding hydrogens is 471 g/mol. The molecule has 0 amide bonds. The van der Waals surface area contributed by atoms with Gasteiger partial charge in [-0.1, -0.05) is 12.1 Å². The first-order valence-electron chi connectivity index (χ1n) is 8.05. The zero-order chi connectivity index (χ0) is 16.7. The van der Waals surface area contributed by atoms with Crippen molar-refractivity contribution in [3.8, 4) is 5.75 Å². The van der Waals surface area contributed by atoms with Gasteiger partial charge in [0, 0.05) is 6.54 Å². The van der Waals surface area contributed by atoms with Crippen molar-refractivity contribution in [3.63, 3.8) is 0 Å². The molecule has 2 aromatic rings. The number of H-pyrrole nitrogens is 1. The Labute approximate surface area is 148 Å². The van der Waals surface area contributed by atoms with Gasteiger partial charge in [0.05, 0.1) is 7.11 Å². The number of rotatable bonds is 3. The van der Waals surface area contributed by atoms with Crippen LogP contribution in [-0.4, -0.2) is 21.9 Å². The van der Waals surface area contributed by atoms with Crippen molar-refractivity contribution in [3.05, 3.63) is 39.5 Å². The Kier molecular flexibility index (Phi) is 7.25. The molecule has 1 heterocycles. The van der Waals surface area contributed by atoms with Crippen LogP contribution < -0.4 is 10.5 Å². The fourth-order valence-electron chi connectivity index (χ4n) is 2.73. The van der Waals surface area contributed by atoms with Gasteiger partial charge in [-0.2, -0.15) is 0 Å². The predicted octanol–water partition coefficient (Wildman–Crippen LogP) is 3.03. The second-order valence-electron chi connectivity index (χ2n) is 5.80. The topological polar surface area (TPSA) is 68.9 Å². The van der Waals surface area contributed by atoms with E-state index in [1.807, 2.05) is 36.0 Å². The summed E-state index contributed by atoms with van der Waals surface area (Å²) in [4.78, 5) is 4.53. The van der Waals surface area contributed by atoms with Gasteiger partial charge in [0.1, 0.15) is 5.75 Å². The Morgan fingerprint density at radius 2 is 1.91 bits per heavy atom. The van der Waals surface area contributed by atoms with Crippen molar-refractivity contribution in [2.75, 3.05) is 7.11 Å². The van der Waals surface area contributed by atoms with Crippen LogP contribution in [0.4, 0.5) is 0 Å². The number of nitrogens with zero attached hydrogens (tertiary/aromatic N) is 2. The van der Waals surface area contributed by atoms with Crippen LogP contribution in [0.2, 0.25) is 0 Å². The molecule has 1 aliphatic rings. The zero-order valence-corrected chi connectivity index (χ0v) is 16.1. The number of hydrogen-bond donors (Lipinski definition) is 2. The molecule has 1 aliphatic carbocycles. The summed E-state index contributed by atoms with van der Waals surface area (Å²) in [6.07, 6.45) is 6.76. The Morgan fingerprint density at radius 1 is 1.26 bits per heavy atom. The summed E-state index contributed by atoms with van der Waals surface area (Å²) in [5, 5.41) is 3.31. The van der Waals surface area contributed by atoms with Gasteiger partial charge in [0.25, 0.3) is 0 Å². The monoisotopic (exact) mass is 497 g/mol. The second kappa shape index (κ2) is 9.19. The summed E-state index contributed by atoms with van der Waals surface area (Å²) in [5.74, 6) is 2.74. The average molecular weight is 498 g/mol. The van der Waals surface area contributed by atoms with Gasteiger partial charge in [-0.3, -0.25) is 0 Å². The summed E-state index contributed by atoms with van der Waals surface area (Å²) in [6.45, 7) is 0.587. The second-order valence-corrected chi connectivity index (χ2v) is 6.81. The number of aromatic amines is 1. The predicted molar refractivity (Wildman–Crippen MR) is 87.5 cm³/mol. The molecule has 3 rings (SSSR count). The van der Waals surface area contributed by atoms with E-state index in [1.165, 1.54) is 37.9 Å². The van der Waals surface area contributed by atoms with Crippen LogP contribution in [0.15, 0.2) is 24.3 Å². The molecule has 0 aliphatic heterocycles. The standard InChI is InChI=1S/C9H15N3.C8H11NO.Pt/c1-12-7-10-9(11-12)8-5-3-2-4-6-8;1-10-8-4-2-7(6-9)3-5-8;/h8H,2-6H2,1H3,(H,10,11);2-5H,6,9H2,1H3;. The molecule has 0 spiro atoms. The van der Waals surface area contributed by atoms with E-state index in [0.717, 1.165) is 15.1 Å². The number of aryl methyl sites for hydroxylation is 1. The number of benzene rings is 1. The maximum absolute atomic E-state index is 5.40. The van der Waals surface area contributed by atoms with E-state index in [-0.39, 0.29) is 0 Å². The first kappa shape index (κ1) is 18.2. The van der Waals surface area contributed by atoms with Gasteiger partial charge >= 0.3 is 88.8 Å². The summed E-state index contributed by atoms with van der Waals surface area (Å²) < 4.78 is 8.02. The van der Waals surface area contributed by atoms with E-state index >= 15 is 0 Å². The molecule has 1 aromatic carbocycles. The molecule has 5 nitrogen and oxygen atoms in total. The van der Waals surface area contributed by atoms with Crippen LogP contribution in [0.5, 0.6) is 5.75 Å². The molecule has 0 atom stereocenters. The summed E-state index contributed by atoms with van der Waals surface area (Å²) in [6, 6.07) is 7.72. The Bertz CT molecular complexity index is 618. The fraction of sp³-hybridized carbons (Fsp3) is 0.529. The summed E-state index contributed by atoms with van der Waals surface area (Å²) in [7, 11) is 3.67. The molecular formula is C17H26N4OPt. The van der Waals surface area contributed by atoms with Crippen molar-refractivity contribution in [1.82, 2.24) is 14.8 Å². The van der Waals surface area contributed by atoms with E-state index in [2.05, 4.69) is 29.4 Å². The minimum atomic E-state index is 0.587. The van der Waals surface area contributed by atoms with Crippen molar-refractivity contribution >= 4 is 0 Å². The van der Waals surface area contributed by atoms with E-state index in [0.29, 0.717) is 12.5 Å². The molecule has 130 valence electrons. The van der Waals surface area contributed by atoms with Crippen LogP contribution in [0.1, 0.15) is 49.4 Å². The van der Waals surface area contributed by atoms with Gasteiger partial charge in [-0.25, -0.2) is 0 Å². The third kappa shape index (κ3) is 5.43. The molecule has 6 heteroatoms. The normalized spacial score (nSPS) is 15.0. The van der Waals surface area contributed by atoms with Crippen LogP contribution in [0.3, 0.4) is 0 Å². The quantitative estimate of drug-likeness (QED) is 0.685. The van der Waals surface area contributed by atoms with Crippen LogP contribution in [0, 0.1) is 3.80 Å². The van der Waals surface area contributed by atoms with Gasteiger partial charge in [-0.15, -0.1) is 0 Å². The van der Waals surface area contributed by atoms with E-state index in [1.54, 1.807) is 7.11 Å². The number of methoxy groups -OCH3 is 1. The van der Waals surface area contributed by atoms with Crippen molar-refractivity contribution < 1.29 is 24.1 Å². The molecule has 1 aromatic heterocycles. The number of nitrogens with two attached hydrogens (primary N) is 1. The minimum absolute atomic E-state index is 0.587. The third-order valence-electron chi connectivity index (χ3n) is 4.13. The first-order chi connectivity index (χ1) is 11.1. The SMILES string of the molecule is COc1ccc(CN)cc1.Cn1[nH]c(C2CCCCC2)n[c]1=[Pt]. The van der Waals surface area contributed by atoms with Crippen molar-refractivity contribution in [2.24, 2.45) is 12.8 Å². The van der Waals surface area contributed by atoms with Crippen molar-refractivity contribution in [1.29, 1.82) is 0 Å². The fourth-order valence-corrected chi connectivity index (χ4v) is 3.13. The first-order valence-corrected chi connectivity index (χ1v) is 9.19. The molecule has 3 N–H and O–H groups in total. The van der Waals surface area contributed by atoms with E-state index in [9.17, 15) is 0 Å². The number of hydrogen-bond acceptors (Lipinski definition) is 3. The molecule has 0 saturated heterocycles. The Morgan fingerprint density at radius 3 is 2.39 bits per heavy atom. The van der Waals surface area contributed by atoms with Crippen LogP contribution >= 0.6 is 0 Å². The summed E-state index contributed by atoms with van der Waals surface area (Å²) in [5.41, 5.74) is 6.53. The molecule has 23 heavy (non-hydrogen) atoms. The zero-order valence-electron chi connectivity index (χ0n) is 13.8. The number of nitrogens with one attached hydrogen (secondary N) is 1. The van der Waals surface area contributed by atoms with Gasteiger partial charge in [-0.05, 0) is 17.7 Å². The van der Waals surface area contributed by atoms with Crippen LogP contribution in [0.25, 0.3) is 0 Å². The van der Waals surface area contributed by atoms with Gasteiger partial charge < -0.3 is 10.5 Å². The summed E-state index contributed by atoms with van der Waals surface area (Å²) >= 11 is 2.25.